The van der Waals surface area contributed by atoms with E-state index in [1.54, 1.807) is 0 Å². The van der Waals surface area contributed by atoms with Crippen molar-refractivity contribution in [3.05, 3.63) is 65.7 Å². The molecule has 0 fully saturated rings. The highest BCUT2D eigenvalue weighted by molar-refractivity contribution is 7.99. The van der Waals surface area contributed by atoms with Crippen molar-refractivity contribution in [3.63, 3.8) is 0 Å². The molecule has 0 aromatic heterocycles. The van der Waals surface area contributed by atoms with Crippen molar-refractivity contribution < 1.29 is 4.79 Å². The third-order valence-electron chi connectivity index (χ3n) is 3.46. The predicted molar refractivity (Wildman–Crippen MR) is 91.3 cm³/mol. The molecule has 0 unspecified atom stereocenters. The van der Waals surface area contributed by atoms with E-state index in [-0.39, 0.29) is 5.78 Å². The lowest BCUT2D eigenvalue weighted by molar-refractivity contribution is 0.0982. The maximum Gasteiger partial charge on any atom is 0.162 e. The van der Waals surface area contributed by atoms with E-state index in [1.165, 1.54) is 10.5 Å². The number of carbonyl (C=O) groups is 1. The van der Waals surface area contributed by atoms with Crippen LogP contribution in [0.2, 0.25) is 0 Å². The molecule has 0 saturated heterocycles. The molecule has 2 aromatic carbocycles. The fraction of sp³-hybridized carbons (Fsp3) is 0.316. The molecule has 0 aliphatic carbocycles. The number of carbonyl (C=O) groups excluding carboxylic acids is 1. The highest BCUT2D eigenvalue weighted by atomic mass is 32.2. The number of ketones is 1. The number of thioether (sulfide) groups is 1. The summed E-state index contributed by atoms with van der Waals surface area (Å²) < 4.78 is 0. The molecule has 2 heteroatoms. The van der Waals surface area contributed by atoms with Crippen LogP contribution < -0.4 is 0 Å². The molecule has 0 bridgehead atoms. The summed E-state index contributed by atoms with van der Waals surface area (Å²) in [4.78, 5) is 13.3. The van der Waals surface area contributed by atoms with Crippen LogP contribution in [-0.4, -0.2) is 11.5 Å². The summed E-state index contributed by atoms with van der Waals surface area (Å²) in [6.45, 7) is 4.41. The molecular weight excluding hydrogens is 276 g/mol. The van der Waals surface area contributed by atoms with Crippen molar-refractivity contribution >= 4 is 17.5 Å². The number of hydrogen-bond donors (Lipinski definition) is 0. The Bertz CT molecular complexity index is 558. The van der Waals surface area contributed by atoms with Gasteiger partial charge in [0.25, 0.3) is 0 Å². The summed E-state index contributed by atoms with van der Waals surface area (Å²) in [6.07, 6.45) is 1.55. The lowest BCUT2D eigenvalue weighted by Gasteiger charge is -2.06. The first kappa shape index (κ1) is 15.8. The van der Waals surface area contributed by atoms with E-state index < -0.39 is 0 Å². The highest BCUT2D eigenvalue weighted by Crippen LogP contribution is 2.22. The third-order valence-corrected chi connectivity index (χ3v) is 4.56. The van der Waals surface area contributed by atoms with Gasteiger partial charge in [-0.3, -0.25) is 4.79 Å². The zero-order chi connectivity index (χ0) is 15.1. The third kappa shape index (κ3) is 5.05. The van der Waals surface area contributed by atoms with Crippen LogP contribution in [0, 0.1) is 0 Å². The van der Waals surface area contributed by atoms with E-state index in [1.807, 2.05) is 42.1 Å². The van der Waals surface area contributed by atoms with Crippen LogP contribution in [0.25, 0.3) is 0 Å². The Morgan fingerprint density at radius 2 is 1.67 bits per heavy atom. The van der Waals surface area contributed by atoms with Crippen molar-refractivity contribution in [1.82, 2.24) is 0 Å². The van der Waals surface area contributed by atoms with Gasteiger partial charge in [0.1, 0.15) is 0 Å². The number of Topliss-reactive ketones (excluding diaryl/α,β-unsaturated/α-hetero) is 1. The first-order valence-corrected chi connectivity index (χ1v) is 8.46. The normalized spacial score (nSPS) is 10.8. The molecule has 2 rings (SSSR count). The molecule has 0 saturated carbocycles. The molecule has 0 radical (unpaired) electrons. The van der Waals surface area contributed by atoms with Gasteiger partial charge in [-0.2, -0.15) is 0 Å². The predicted octanol–water partition coefficient (Wildman–Crippen LogP) is 5.57. The van der Waals surface area contributed by atoms with Gasteiger partial charge < -0.3 is 0 Å². The Morgan fingerprint density at radius 1 is 1.00 bits per heavy atom. The standard InChI is InChI=1S/C19H22OS/c1-15(2)16-10-12-18(13-11-16)21-14-6-9-19(20)17-7-4-3-5-8-17/h3-5,7-8,10-13,15H,6,9,14H2,1-2H3. The minimum absolute atomic E-state index is 0.242. The maximum absolute atomic E-state index is 12.0. The number of rotatable bonds is 7. The van der Waals surface area contributed by atoms with Crippen molar-refractivity contribution in [3.8, 4) is 0 Å². The Labute approximate surface area is 131 Å². The fourth-order valence-corrected chi connectivity index (χ4v) is 2.99. The molecule has 110 valence electrons. The van der Waals surface area contributed by atoms with E-state index in [2.05, 4.69) is 38.1 Å². The zero-order valence-corrected chi connectivity index (χ0v) is 13.5. The molecule has 0 spiro atoms. The van der Waals surface area contributed by atoms with Crippen LogP contribution in [0.1, 0.15) is 48.5 Å². The van der Waals surface area contributed by atoms with Crippen LogP contribution in [0.5, 0.6) is 0 Å². The van der Waals surface area contributed by atoms with E-state index in [0.29, 0.717) is 12.3 Å². The Balaban J connectivity index is 1.73. The Morgan fingerprint density at radius 3 is 2.29 bits per heavy atom. The van der Waals surface area contributed by atoms with Crippen LogP contribution in [-0.2, 0) is 0 Å². The molecule has 21 heavy (non-hydrogen) atoms. The molecule has 0 aliphatic rings. The van der Waals surface area contributed by atoms with Crippen molar-refractivity contribution in [2.24, 2.45) is 0 Å². The van der Waals surface area contributed by atoms with Crippen LogP contribution in [0.3, 0.4) is 0 Å². The van der Waals surface area contributed by atoms with E-state index >= 15 is 0 Å². The Hall–Kier alpha value is -1.54. The van der Waals surface area contributed by atoms with Crippen molar-refractivity contribution in [2.45, 2.75) is 37.5 Å². The van der Waals surface area contributed by atoms with Gasteiger partial charge in [0.05, 0.1) is 0 Å². The fourth-order valence-electron chi connectivity index (χ4n) is 2.14. The lowest BCUT2D eigenvalue weighted by atomic mass is 10.0. The SMILES string of the molecule is CC(C)c1ccc(SCCCC(=O)c2ccccc2)cc1. The highest BCUT2D eigenvalue weighted by Gasteiger charge is 2.05. The second-order valence-corrected chi connectivity index (χ2v) is 6.63. The summed E-state index contributed by atoms with van der Waals surface area (Å²) >= 11 is 1.83. The molecule has 2 aromatic rings. The largest absolute Gasteiger partial charge is 0.294 e. The second-order valence-electron chi connectivity index (χ2n) is 5.46. The summed E-state index contributed by atoms with van der Waals surface area (Å²) in [5, 5.41) is 0. The van der Waals surface area contributed by atoms with E-state index in [0.717, 1.165) is 17.7 Å². The first-order valence-electron chi connectivity index (χ1n) is 7.48. The molecule has 0 N–H and O–H groups in total. The molecular formula is C19H22OS. The minimum atomic E-state index is 0.242. The summed E-state index contributed by atoms with van der Waals surface area (Å²) in [5.74, 6) is 1.80. The summed E-state index contributed by atoms with van der Waals surface area (Å²) in [5.41, 5.74) is 2.20. The van der Waals surface area contributed by atoms with Gasteiger partial charge in [-0.05, 0) is 35.8 Å². The minimum Gasteiger partial charge on any atom is -0.294 e. The summed E-state index contributed by atoms with van der Waals surface area (Å²) in [7, 11) is 0. The Kier molecular flexibility index (Phi) is 6.06. The molecule has 0 heterocycles. The summed E-state index contributed by atoms with van der Waals surface area (Å²) in [6, 6.07) is 18.3. The number of hydrogen-bond acceptors (Lipinski definition) is 2. The zero-order valence-electron chi connectivity index (χ0n) is 12.7. The first-order chi connectivity index (χ1) is 10.2. The topological polar surface area (TPSA) is 17.1 Å². The molecule has 0 amide bonds. The van der Waals surface area contributed by atoms with Crippen LogP contribution in [0.15, 0.2) is 59.5 Å². The monoisotopic (exact) mass is 298 g/mol. The van der Waals surface area contributed by atoms with Crippen molar-refractivity contribution in [2.75, 3.05) is 5.75 Å². The molecule has 1 nitrogen and oxygen atoms in total. The average molecular weight is 298 g/mol. The smallest absolute Gasteiger partial charge is 0.162 e. The second kappa shape index (κ2) is 8.04. The van der Waals surface area contributed by atoms with Gasteiger partial charge in [-0.1, -0.05) is 56.3 Å². The average Bonchev–Trinajstić information content (AvgIpc) is 2.52. The van der Waals surface area contributed by atoms with Gasteiger partial charge >= 0.3 is 0 Å². The van der Waals surface area contributed by atoms with Crippen LogP contribution >= 0.6 is 11.8 Å². The quantitative estimate of drug-likeness (QED) is 0.378. The van der Waals surface area contributed by atoms with Gasteiger partial charge in [0.15, 0.2) is 5.78 Å². The van der Waals surface area contributed by atoms with Crippen LogP contribution in [0.4, 0.5) is 0 Å². The maximum atomic E-state index is 12.0. The van der Waals surface area contributed by atoms with Crippen molar-refractivity contribution in [1.29, 1.82) is 0 Å². The van der Waals surface area contributed by atoms with E-state index in [9.17, 15) is 4.79 Å². The van der Waals surface area contributed by atoms with Gasteiger partial charge in [0.2, 0.25) is 0 Å². The van der Waals surface area contributed by atoms with Gasteiger partial charge in [-0.25, -0.2) is 0 Å². The van der Waals surface area contributed by atoms with Gasteiger partial charge in [-0.15, -0.1) is 11.8 Å². The molecule has 0 atom stereocenters. The number of benzene rings is 2. The lowest BCUT2D eigenvalue weighted by Crippen LogP contribution is -1.99. The molecule has 0 aliphatic heterocycles. The van der Waals surface area contributed by atoms with E-state index in [4.69, 9.17) is 0 Å². The van der Waals surface area contributed by atoms with Gasteiger partial charge in [0, 0.05) is 16.9 Å².